The number of likely N-dealkylation sites (tertiary alicyclic amines) is 1. The number of hydrogen-bond acceptors (Lipinski definition) is 7. The van der Waals surface area contributed by atoms with Gasteiger partial charge in [0.25, 0.3) is 0 Å². The second-order valence-corrected chi connectivity index (χ2v) is 11.9. The molecule has 3 heterocycles. The van der Waals surface area contributed by atoms with Gasteiger partial charge in [-0.15, -0.1) is 0 Å². The lowest BCUT2D eigenvalue weighted by Gasteiger charge is -2.40. The van der Waals surface area contributed by atoms with Gasteiger partial charge < -0.3 is 20.0 Å². The Labute approximate surface area is 227 Å². The second kappa shape index (κ2) is 10.9. The van der Waals surface area contributed by atoms with Crippen LogP contribution in [0.5, 0.6) is 0 Å². The number of nitriles is 1. The maximum absolute atomic E-state index is 12.4. The quantitative estimate of drug-likeness (QED) is 0.572. The highest BCUT2D eigenvalue weighted by atomic mass is 16.2. The van der Waals surface area contributed by atoms with E-state index >= 15 is 0 Å². The highest BCUT2D eigenvalue weighted by molar-refractivity contribution is 5.76. The summed E-state index contributed by atoms with van der Waals surface area (Å²) in [5, 5.41) is 13.1. The zero-order valence-corrected chi connectivity index (χ0v) is 23.3. The Morgan fingerprint density at radius 1 is 1.16 bits per heavy atom. The van der Waals surface area contributed by atoms with Gasteiger partial charge in [-0.1, -0.05) is 19.1 Å². The third-order valence-corrected chi connectivity index (χ3v) is 9.05. The molecule has 0 radical (unpaired) electrons. The summed E-state index contributed by atoms with van der Waals surface area (Å²) in [4.78, 5) is 28.2. The van der Waals surface area contributed by atoms with Gasteiger partial charge in [-0.3, -0.25) is 4.79 Å². The Morgan fingerprint density at radius 3 is 2.50 bits per heavy atom. The van der Waals surface area contributed by atoms with Gasteiger partial charge in [-0.25, -0.2) is 9.97 Å². The average molecular weight is 516 g/mol. The molecular weight excluding hydrogens is 474 g/mol. The molecule has 3 aliphatic rings. The van der Waals surface area contributed by atoms with Crippen LogP contribution in [-0.4, -0.2) is 71.5 Å². The highest BCUT2D eigenvalue weighted by Gasteiger charge is 2.37. The van der Waals surface area contributed by atoms with Crippen molar-refractivity contribution < 1.29 is 4.79 Å². The van der Waals surface area contributed by atoms with E-state index in [1.54, 1.807) is 11.1 Å². The van der Waals surface area contributed by atoms with Crippen molar-refractivity contribution in [2.45, 2.75) is 76.3 Å². The minimum atomic E-state index is 0.155. The fraction of sp³-hybridized carbons (Fsp3) is 0.600. The predicted molar refractivity (Wildman–Crippen MR) is 150 cm³/mol. The smallest absolute Gasteiger partial charge is 0.222 e. The van der Waals surface area contributed by atoms with Crippen molar-refractivity contribution >= 4 is 23.2 Å². The van der Waals surface area contributed by atoms with E-state index in [2.05, 4.69) is 64.3 Å². The SMILES string of the molecule is C[C@@H]1C(CC(=O)N(C)C)CCCN1c1cnc(C#N)c(Nc2ccc(C3(C)CCN(C4CC4)CC3)cc2)n1. The Kier molecular flexibility index (Phi) is 7.58. The van der Waals surface area contributed by atoms with E-state index in [9.17, 15) is 10.1 Å². The first kappa shape index (κ1) is 26.4. The van der Waals surface area contributed by atoms with Gasteiger partial charge in [0.05, 0.1) is 6.20 Å². The number of hydrogen-bond donors (Lipinski definition) is 1. The maximum atomic E-state index is 12.4. The van der Waals surface area contributed by atoms with Crippen LogP contribution < -0.4 is 10.2 Å². The Hall–Kier alpha value is -3.18. The van der Waals surface area contributed by atoms with E-state index in [-0.39, 0.29) is 29.0 Å². The van der Waals surface area contributed by atoms with E-state index in [1.807, 2.05) is 14.1 Å². The maximum Gasteiger partial charge on any atom is 0.222 e. The first-order valence-corrected chi connectivity index (χ1v) is 14.1. The van der Waals surface area contributed by atoms with E-state index in [0.717, 1.165) is 36.9 Å². The summed E-state index contributed by atoms with van der Waals surface area (Å²) < 4.78 is 0. The van der Waals surface area contributed by atoms with E-state index < -0.39 is 0 Å². The number of aromatic nitrogens is 2. The third-order valence-electron chi connectivity index (χ3n) is 9.05. The zero-order valence-electron chi connectivity index (χ0n) is 23.3. The summed E-state index contributed by atoms with van der Waals surface area (Å²) in [5.74, 6) is 1.63. The zero-order chi connectivity index (χ0) is 26.9. The molecule has 8 heteroatoms. The molecule has 202 valence electrons. The summed E-state index contributed by atoms with van der Waals surface area (Å²) in [6.07, 6.45) is 9.37. The van der Waals surface area contributed by atoms with Crippen molar-refractivity contribution in [3.05, 3.63) is 41.7 Å². The van der Waals surface area contributed by atoms with E-state index in [4.69, 9.17) is 4.98 Å². The first-order valence-electron chi connectivity index (χ1n) is 14.1. The number of carbonyl (C=O) groups excluding carboxylic acids is 1. The van der Waals surface area contributed by atoms with Crippen molar-refractivity contribution in [2.75, 3.05) is 43.9 Å². The normalized spacial score (nSPS) is 23.5. The Morgan fingerprint density at radius 2 is 1.87 bits per heavy atom. The van der Waals surface area contributed by atoms with Crippen molar-refractivity contribution in [1.29, 1.82) is 5.26 Å². The number of piperidine rings is 2. The molecule has 0 bridgehead atoms. The number of rotatable bonds is 7. The molecule has 1 aromatic heterocycles. The molecule has 1 aromatic carbocycles. The van der Waals surface area contributed by atoms with Crippen LogP contribution >= 0.6 is 0 Å². The minimum absolute atomic E-state index is 0.155. The van der Waals surface area contributed by atoms with Gasteiger partial charge in [0.2, 0.25) is 5.91 Å². The van der Waals surface area contributed by atoms with Gasteiger partial charge in [0.1, 0.15) is 11.9 Å². The molecule has 1 N–H and O–H groups in total. The van der Waals surface area contributed by atoms with Crippen molar-refractivity contribution in [3.8, 4) is 6.07 Å². The van der Waals surface area contributed by atoms with Crippen LogP contribution in [0.25, 0.3) is 0 Å². The highest BCUT2D eigenvalue weighted by Crippen LogP contribution is 2.39. The molecule has 0 spiro atoms. The van der Waals surface area contributed by atoms with Crippen LogP contribution in [0.15, 0.2) is 30.5 Å². The predicted octanol–water partition coefficient (Wildman–Crippen LogP) is 4.69. The molecule has 2 atom stereocenters. The second-order valence-electron chi connectivity index (χ2n) is 11.9. The van der Waals surface area contributed by atoms with Gasteiger partial charge >= 0.3 is 0 Å². The molecule has 2 aromatic rings. The van der Waals surface area contributed by atoms with Gasteiger partial charge in [0, 0.05) is 44.8 Å². The molecule has 1 saturated carbocycles. The molecule has 2 aliphatic heterocycles. The van der Waals surface area contributed by atoms with Gasteiger partial charge in [-0.05, 0) is 87.6 Å². The molecular formula is C30H41N7O. The standard InChI is InChI=1S/C30H41N7O/c1-21-22(18-28(38)35(3)4)6-5-15-37(21)27-20-32-26(19-31)29(34-27)33-24-9-7-23(8-10-24)30(2)13-16-36(17-14-30)25-11-12-25/h7-10,20-22,25H,5-6,11-18H2,1-4H3,(H,33,34)/t21-,22?/m1/s1. The van der Waals surface area contributed by atoms with E-state index in [0.29, 0.717) is 12.2 Å². The number of amides is 1. The number of carbonyl (C=O) groups is 1. The van der Waals surface area contributed by atoms with Gasteiger partial charge in [0.15, 0.2) is 11.5 Å². The van der Waals surface area contributed by atoms with Crippen LogP contribution in [0.1, 0.15) is 70.1 Å². The summed E-state index contributed by atoms with van der Waals surface area (Å²) in [6.45, 7) is 7.79. The lowest BCUT2D eigenvalue weighted by atomic mass is 9.74. The molecule has 1 unspecified atom stereocenters. The summed E-state index contributed by atoms with van der Waals surface area (Å²) in [5.41, 5.74) is 2.76. The lowest BCUT2D eigenvalue weighted by Crippen LogP contribution is -2.45. The number of anilines is 3. The largest absolute Gasteiger partial charge is 0.352 e. The Balaban J connectivity index is 1.29. The fourth-order valence-electron chi connectivity index (χ4n) is 6.12. The van der Waals surface area contributed by atoms with Crippen molar-refractivity contribution in [1.82, 2.24) is 19.8 Å². The van der Waals surface area contributed by atoms with Crippen LogP contribution in [0.4, 0.5) is 17.3 Å². The molecule has 1 amide bonds. The van der Waals surface area contributed by atoms with Crippen molar-refractivity contribution in [2.24, 2.45) is 5.92 Å². The molecule has 3 fully saturated rings. The number of benzene rings is 1. The van der Waals surface area contributed by atoms with E-state index in [1.165, 1.54) is 44.3 Å². The molecule has 38 heavy (non-hydrogen) atoms. The van der Waals surface area contributed by atoms with Crippen molar-refractivity contribution in [3.63, 3.8) is 0 Å². The minimum Gasteiger partial charge on any atom is -0.352 e. The molecule has 8 nitrogen and oxygen atoms in total. The monoisotopic (exact) mass is 515 g/mol. The summed E-state index contributed by atoms with van der Waals surface area (Å²) >= 11 is 0. The number of nitrogens with one attached hydrogen (secondary N) is 1. The number of nitrogens with zero attached hydrogens (tertiary/aromatic N) is 6. The van der Waals surface area contributed by atoms with Crippen LogP contribution in [0.3, 0.4) is 0 Å². The summed E-state index contributed by atoms with van der Waals surface area (Å²) in [7, 11) is 3.62. The molecule has 1 aliphatic carbocycles. The topological polar surface area (TPSA) is 88.4 Å². The van der Waals surface area contributed by atoms with Crippen LogP contribution in [-0.2, 0) is 10.2 Å². The van der Waals surface area contributed by atoms with Gasteiger partial charge in [-0.2, -0.15) is 5.26 Å². The van der Waals surface area contributed by atoms with Crippen LogP contribution in [0.2, 0.25) is 0 Å². The average Bonchev–Trinajstić information content (AvgIpc) is 3.76. The lowest BCUT2D eigenvalue weighted by molar-refractivity contribution is -0.130. The Bertz CT molecular complexity index is 1180. The summed E-state index contributed by atoms with van der Waals surface area (Å²) in [6, 6.07) is 11.8. The first-order chi connectivity index (χ1) is 18.3. The molecule has 5 rings (SSSR count). The molecule has 2 saturated heterocycles. The fourth-order valence-corrected chi connectivity index (χ4v) is 6.12. The van der Waals surface area contributed by atoms with Crippen LogP contribution in [0, 0.1) is 17.2 Å². The third kappa shape index (κ3) is 5.63.